The van der Waals surface area contributed by atoms with Gasteiger partial charge >= 0.3 is 6.18 Å². The molecule has 0 aliphatic heterocycles. The van der Waals surface area contributed by atoms with Gasteiger partial charge in [0.15, 0.2) is 0 Å². The summed E-state index contributed by atoms with van der Waals surface area (Å²) in [5.74, 6) is 0. The van der Waals surface area contributed by atoms with Crippen molar-refractivity contribution in [2.75, 3.05) is 6.54 Å². The zero-order valence-electron chi connectivity index (χ0n) is 12.5. The Morgan fingerprint density at radius 1 is 1.29 bits per heavy atom. The second-order valence-electron chi connectivity index (χ2n) is 6.68. The van der Waals surface area contributed by atoms with Crippen molar-refractivity contribution < 1.29 is 13.2 Å². The van der Waals surface area contributed by atoms with E-state index in [-0.39, 0.29) is 6.04 Å². The predicted molar refractivity (Wildman–Crippen MR) is 77.8 cm³/mol. The summed E-state index contributed by atoms with van der Waals surface area (Å²) in [7, 11) is 0. The summed E-state index contributed by atoms with van der Waals surface area (Å²) in [5, 5.41) is 3.49. The third kappa shape index (κ3) is 4.20. The minimum atomic E-state index is -4.29. The summed E-state index contributed by atoms with van der Waals surface area (Å²) in [6, 6.07) is 5.58. The van der Waals surface area contributed by atoms with Crippen molar-refractivity contribution in [3.05, 3.63) is 35.4 Å². The Bertz CT molecular complexity index is 465. The van der Waals surface area contributed by atoms with Gasteiger partial charge in [0.1, 0.15) is 0 Å². The Kier molecular flexibility index (Phi) is 4.63. The molecule has 0 bridgehead atoms. The van der Waals surface area contributed by atoms with Crippen molar-refractivity contribution >= 4 is 0 Å². The standard InChI is InChI=1S/C16H23F3N2/c1-15(2)8-7-13(9-15)21-14(10-20)11-3-5-12(6-4-11)16(17,18)19/h3-6,13-14,21H,7-10,20H2,1-2H3. The van der Waals surface area contributed by atoms with E-state index in [0.29, 0.717) is 18.0 Å². The minimum Gasteiger partial charge on any atom is -0.329 e. The number of hydrogen-bond acceptors (Lipinski definition) is 2. The predicted octanol–water partition coefficient (Wildman–Crippen LogP) is 3.87. The molecule has 2 nitrogen and oxygen atoms in total. The molecule has 1 saturated carbocycles. The fraction of sp³-hybridized carbons (Fsp3) is 0.625. The third-order valence-electron chi connectivity index (χ3n) is 4.28. The molecule has 5 heteroatoms. The van der Waals surface area contributed by atoms with Crippen LogP contribution in [0.15, 0.2) is 24.3 Å². The second-order valence-corrected chi connectivity index (χ2v) is 6.68. The number of hydrogen-bond donors (Lipinski definition) is 2. The minimum absolute atomic E-state index is 0.0915. The fourth-order valence-electron chi connectivity index (χ4n) is 3.07. The van der Waals surface area contributed by atoms with E-state index >= 15 is 0 Å². The molecule has 0 heterocycles. The molecule has 1 aromatic carbocycles. The van der Waals surface area contributed by atoms with Crippen LogP contribution in [-0.4, -0.2) is 12.6 Å². The molecule has 0 aromatic heterocycles. The van der Waals surface area contributed by atoms with Gasteiger partial charge in [-0.3, -0.25) is 0 Å². The van der Waals surface area contributed by atoms with Gasteiger partial charge < -0.3 is 11.1 Å². The summed E-state index contributed by atoms with van der Waals surface area (Å²) >= 11 is 0. The van der Waals surface area contributed by atoms with Crippen LogP contribution >= 0.6 is 0 Å². The van der Waals surface area contributed by atoms with E-state index in [2.05, 4.69) is 19.2 Å². The van der Waals surface area contributed by atoms with Gasteiger partial charge in [-0.2, -0.15) is 13.2 Å². The van der Waals surface area contributed by atoms with Gasteiger partial charge in [0.05, 0.1) is 5.56 Å². The van der Waals surface area contributed by atoms with Gasteiger partial charge in [0.2, 0.25) is 0 Å². The van der Waals surface area contributed by atoms with Gasteiger partial charge in [-0.25, -0.2) is 0 Å². The van der Waals surface area contributed by atoms with Crippen LogP contribution in [0.25, 0.3) is 0 Å². The zero-order valence-corrected chi connectivity index (χ0v) is 12.5. The maximum Gasteiger partial charge on any atom is 0.416 e. The van der Waals surface area contributed by atoms with Crippen LogP contribution < -0.4 is 11.1 Å². The Morgan fingerprint density at radius 2 is 1.90 bits per heavy atom. The quantitative estimate of drug-likeness (QED) is 0.885. The van der Waals surface area contributed by atoms with Gasteiger partial charge in [-0.1, -0.05) is 26.0 Å². The highest BCUT2D eigenvalue weighted by atomic mass is 19.4. The highest BCUT2D eigenvalue weighted by molar-refractivity contribution is 5.27. The average Bonchev–Trinajstić information content (AvgIpc) is 2.74. The Hall–Kier alpha value is -1.07. The average molecular weight is 300 g/mol. The molecule has 1 aliphatic rings. The fourth-order valence-corrected chi connectivity index (χ4v) is 3.07. The molecular weight excluding hydrogens is 277 g/mol. The number of nitrogens with one attached hydrogen (secondary N) is 1. The highest BCUT2D eigenvalue weighted by Crippen LogP contribution is 2.38. The lowest BCUT2D eigenvalue weighted by atomic mass is 9.91. The Balaban J connectivity index is 2.04. The first kappa shape index (κ1) is 16.3. The summed E-state index contributed by atoms with van der Waals surface area (Å²) in [4.78, 5) is 0. The zero-order chi connectivity index (χ0) is 15.7. The molecule has 0 amide bonds. The van der Waals surface area contributed by atoms with Gasteiger partial charge in [-0.15, -0.1) is 0 Å². The van der Waals surface area contributed by atoms with E-state index in [1.807, 2.05) is 0 Å². The van der Waals surface area contributed by atoms with Crippen LogP contribution in [-0.2, 0) is 6.18 Å². The first-order valence-electron chi connectivity index (χ1n) is 7.34. The van der Waals surface area contributed by atoms with Crippen LogP contribution in [0.4, 0.5) is 13.2 Å². The van der Waals surface area contributed by atoms with Gasteiger partial charge in [-0.05, 0) is 42.4 Å². The molecular formula is C16H23F3N2. The lowest BCUT2D eigenvalue weighted by Gasteiger charge is -2.24. The van der Waals surface area contributed by atoms with E-state index in [1.54, 1.807) is 0 Å². The van der Waals surface area contributed by atoms with Crippen LogP contribution in [0.5, 0.6) is 0 Å². The maximum absolute atomic E-state index is 12.6. The van der Waals surface area contributed by atoms with E-state index in [1.165, 1.54) is 12.1 Å². The van der Waals surface area contributed by atoms with Crippen LogP contribution in [0.3, 0.4) is 0 Å². The molecule has 2 unspecified atom stereocenters. The van der Waals surface area contributed by atoms with Crippen molar-refractivity contribution in [2.24, 2.45) is 11.1 Å². The van der Waals surface area contributed by atoms with Crippen molar-refractivity contribution in [1.82, 2.24) is 5.32 Å². The molecule has 2 rings (SSSR count). The SMILES string of the molecule is CC1(C)CCC(NC(CN)c2ccc(C(F)(F)F)cc2)C1. The largest absolute Gasteiger partial charge is 0.416 e. The molecule has 1 aromatic rings. The molecule has 0 spiro atoms. The first-order chi connectivity index (χ1) is 9.71. The summed E-state index contributed by atoms with van der Waals surface area (Å²) < 4.78 is 37.7. The third-order valence-corrected chi connectivity index (χ3v) is 4.28. The number of alkyl halides is 3. The van der Waals surface area contributed by atoms with E-state index in [9.17, 15) is 13.2 Å². The molecule has 21 heavy (non-hydrogen) atoms. The number of halogens is 3. The normalized spacial score (nSPS) is 23.2. The van der Waals surface area contributed by atoms with E-state index in [0.717, 1.165) is 37.0 Å². The van der Waals surface area contributed by atoms with Crippen molar-refractivity contribution in [3.63, 3.8) is 0 Å². The Morgan fingerprint density at radius 3 is 2.33 bits per heavy atom. The Labute approximate surface area is 123 Å². The van der Waals surface area contributed by atoms with Gasteiger partial charge in [0, 0.05) is 18.6 Å². The molecule has 2 atom stereocenters. The summed E-state index contributed by atoms with van der Waals surface area (Å²) in [6.07, 6.45) is -0.969. The second kappa shape index (κ2) is 5.97. The van der Waals surface area contributed by atoms with Crippen molar-refractivity contribution in [2.45, 2.75) is 51.4 Å². The smallest absolute Gasteiger partial charge is 0.329 e. The molecule has 118 valence electrons. The van der Waals surface area contributed by atoms with Crippen LogP contribution in [0, 0.1) is 5.41 Å². The molecule has 1 fully saturated rings. The maximum atomic E-state index is 12.6. The number of rotatable bonds is 4. The molecule has 3 N–H and O–H groups in total. The summed E-state index contributed by atoms with van der Waals surface area (Å²) in [5.41, 5.74) is 6.31. The van der Waals surface area contributed by atoms with Crippen molar-refractivity contribution in [1.29, 1.82) is 0 Å². The summed E-state index contributed by atoms with van der Waals surface area (Å²) in [6.45, 7) is 4.86. The lowest BCUT2D eigenvalue weighted by molar-refractivity contribution is -0.137. The van der Waals surface area contributed by atoms with Crippen LogP contribution in [0.2, 0.25) is 0 Å². The topological polar surface area (TPSA) is 38.0 Å². The van der Waals surface area contributed by atoms with E-state index in [4.69, 9.17) is 5.73 Å². The number of benzene rings is 1. The van der Waals surface area contributed by atoms with Crippen LogP contribution in [0.1, 0.15) is 50.3 Å². The monoisotopic (exact) mass is 300 g/mol. The van der Waals surface area contributed by atoms with E-state index < -0.39 is 11.7 Å². The number of nitrogens with two attached hydrogens (primary N) is 1. The first-order valence-corrected chi connectivity index (χ1v) is 7.34. The molecule has 0 saturated heterocycles. The lowest BCUT2D eigenvalue weighted by Crippen LogP contribution is -2.35. The molecule has 0 radical (unpaired) electrons. The van der Waals surface area contributed by atoms with Crippen molar-refractivity contribution in [3.8, 4) is 0 Å². The highest BCUT2D eigenvalue weighted by Gasteiger charge is 2.33. The van der Waals surface area contributed by atoms with Gasteiger partial charge in [0.25, 0.3) is 0 Å². The molecule has 1 aliphatic carbocycles.